The fourth-order valence-electron chi connectivity index (χ4n) is 1.06. The van der Waals surface area contributed by atoms with Gasteiger partial charge in [-0.05, 0) is 0 Å². The molecule has 1 aromatic heterocycles. The molecular weight excluding hydrogens is 239 g/mol. The Morgan fingerprint density at radius 3 is 2.19 bits per heavy atom. The van der Waals surface area contributed by atoms with Crippen molar-refractivity contribution in [1.82, 2.24) is 10.2 Å². The first-order chi connectivity index (χ1) is 7.25. The first-order valence-corrected chi connectivity index (χ1v) is 4.27. The average Bonchev–Trinajstić information content (AvgIpc) is 2.69. The molecular formula is C12H10N2OV. The van der Waals surface area contributed by atoms with Crippen molar-refractivity contribution in [2.75, 3.05) is 0 Å². The molecule has 79 valence electrons. The van der Waals surface area contributed by atoms with Crippen molar-refractivity contribution in [3.05, 3.63) is 49.1 Å². The third kappa shape index (κ3) is 3.50. The first kappa shape index (κ1) is 14.4. The van der Waals surface area contributed by atoms with E-state index in [1.165, 1.54) is 0 Å². The Morgan fingerprint density at radius 1 is 1.19 bits per heavy atom. The standard InChI is InChI=1S/C10H9N2O.C2H.V/c1-7-3-5-9(6-4-7)10-12-11-8(2)13-10;1-2;/h3-6H,1H2,2H3;1H;/q2*-1;+2. The Kier molecular flexibility index (Phi) is 6.10. The molecule has 0 aliphatic carbocycles. The molecule has 2 rings (SSSR count). The van der Waals surface area contributed by atoms with Gasteiger partial charge in [0.05, 0.1) is 0 Å². The summed E-state index contributed by atoms with van der Waals surface area (Å²) in [4.78, 5) is 0. The van der Waals surface area contributed by atoms with Crippen molar-refractivity contribution in [2.45, 2.75) is 6.92 Å². The van der Waals surface area contributed by atoms with Crippen molar-refractivity contribution < 1.29 is 23.0 Å². The molecule has 2 aromatic rings. The topological polar surface area (TPSA) is 38.9 Å². The van der Waals surface area contributed by atoms with Gasteiger partial charge >= 0.3 is 18.6 Å². The Balaban J connectivity index is 0.000000711. The minimum atomic E-state index is 0. The molecule has 0 bridgehead atoms. The van der Waals surface area contributed by atoms with Gasteiger partial charge < -0.3 is 17.3 Å². The summed E-state index contributed by atoms with van der Waals surface area (Å²) in [7, 11) is 0. The molecule has 0 saturated carbocycles. The van der Waals surface area contributed by atoms with E-state index in [9.17, 15) is 0 Å². The number of aromatic nitrogens is 2. The molecule has 16 heavy (non-hydrogen) atoms. The minimum Gasteiger partial charge on any atom is -0.697 e. The van der Waals surface area contributed by atoms with E-state index in [1.54, 1.807) is 6.92 Å². The molecule has 3 nitrogen and oxygen atoms in total. The second kappa shape index (κ2) is 6.78. The molecule has 0 saturated heterocycles. The first-order valence-electron chi connectivity index (χ1n) is 4.27. The van der Waals surface area contributed by atoms with Crippen LogP contribution in [0.25, 0.3) is 11.5 Å². The van der Waals surface area contributed by atoms with Crippen molar-refractivity contribution in [3.63, 3.8) is 0 Å². The molecule has 0 amide bonds. The molecule has 0 fully saturated rings. The maximum atomic E-state index is 5.27. The van der Waals surface area contributed by atoms with E-state index in [4.69, 9.17) is 10.8 Å². The normalized spacial score (nSPS) is 8.44. The monoisotopic (exact) mass is 249 g/mol. The summed E-state index contributed by atoms with van der Waals surface area (Å²) >= 11 is 0. The molecule has 4 heteroatoms. The van der Waals surface area contributed by atoms with E-state index in [0.29, 0.717) is 11.8 Å². The van der Waals surface area contributed by atoms with E-state index < -0.39 is 0 Å². The summed E-state index contributed by atoms with van der Waals surface area (Å²) in [6.45, 7) is 5.56. The van der Waals surface area contributed by atoms with Crippen LogP contribution < -0.4 is 0 Å². The van der Waals surface area contributed by atoms with E-state index in [2.05, 4.69) is 23.5 Å². The third-order valence-electron chi connectivity index (χ3n) is 1.73. The van der Waals surface area contributed by atoms with Gasteiger partial charge in [-0.3, -0.25) is 0 Å². The molecule has 0 unspecified atom stereocenters. The largest absolute Gasteiger partial charge is 2.00 e. The fourth-order valence-corrected chi connectivity index (χ4v) is 1.06. The molecule has 0 spiro atoms. The number of nitrogens with zero attached hydrogens (tertiary/aromatic N) is 2. The summed E-state index contributed by atoms with van der Waals surface area (Å²) in [6.07, 6.45) is 9.00. The number of rotatable bonds is 1. The van der Waals surface area contributed by atoms with Gasteiger partial charge in [0.15, 0.2) is 0 Å². The number of benzene rings is 1. The van der Waals surface area contributed by atoms with Crippen molar-refractivity contribution in [2.24, 2.45) is 0 Å². The predicted octanol–water partition coefficient (Wildman–Crippen LogP) is 2.43. The Labute approximate surface area is 107 Å². The zero-order chi connectivity index (χ0) is 11.3. The number of aryl methyl sites for hydroxylation is 1. The average molecular weight is 249 g/mol. The molecule has 0 atom stereocenters. The van der Waals surface area contributed by atoms with Crippen molar-refractivity contribution in [3.8, 4) is 17.9 Å². The van der Waals surface area contributed by atoms with Gasteiger partial charge in [-0.2, -0.15) is 24.6 Å². The van der Waals surface area contributed by atoms with Gasteiger partial charge in [0.1, 0.15) is 0 Å². The van der Waals surface area contributed by atoms with E-state index in [1.807, 2.05) is 24.3 Å². The van der Waals surface area contributed by atoms with Crippen LogP contribution in [0.2, 0.25) is 0 Å². The van der Waals surface area contributed by atoms with Crippen molar-refractivity contribution in [1.29, 1.82) is 0 Å². The Hall–Kier alpha value is -1.63. The summed E-state index contributed by atoms with van der Waals surface area (Å²) in [5, 5.41) is 7.66. The van der Waals surface area contributed by atoms with Gasteiger partial charge in [-0.15, -0.1) is 22.3 Å². The number of hydrogen-bond donors (Lipinski definition) is 0. The zero-order valence-electron chi connectivity index (χ0n) is 8.84. The fraction of sp³-hybridized carbons (Fsp3) is 0.0833. The molecule has 1 aromatic carbocycles. The van der Waals surface area contributed by atoms with Crippen molar-refractivity contribution >= 4 is 0 Å². The maximum Gasteiger partial charge on any atom is 2.00 e. The quantitative estimate of drug-likeness (QED) is 0.575. The Morgan fingerprint density at radius 2 is 1.75 bits per heavy atom. The zero-order valence-corrected chi connectivity index (χ0v) is 10.2. The molecule has 1 heterocycles. The minimum absolute atomic E-state index is 0. The number of terminal acetylenes is 1. The Bertz CT molecular complexity index is 446. The van der Waals surface area contributed by atoms with Crippen LogP contribution in [0.1, 0.15) is 11.5 Å². The summed E-state index contributed by atoms with van der Waals surface area (Å²) in [5.41, 5.74) is 1.90. The van der Waals surface area contributed by atoms with Crippen LogP contribution in [0.3, 0.4) is 0 Å². The SMILES string of the molecule is [C-]#C.[CH2-]c1ccc(-c2nnc(C)o2)cc1.[V+2]. The van der Waals surface area contributed by atoms with Crippen LogP contribution in [-0.2, 0) is 18.6 Å². The van der Waals surface area contributed by atoms with Crippen LogP contribution in [0.15, 0.2) is 28.7 Å². The summed E-state index contributed by atoms with van der Waals surface area (Å²) in [6, 6.07) is 7.65. The predicted molar refractivity (Wildman–Crippen MR) is 57.1 cm³/mol. The van der Waals surface area contributed by atoms with E-state index in [0.717, 1.165) is 11.1 Å². The summed E-state index contributed by atoms with van der Waals surface area (Å²) in [5.74, 6) is 1.13. The van der Waals surface area contributed by atoms with Gasteiger partial charge in [0, 0.05) is 12.5 Å². The third-order valence-corrected chi connectivity index (χ3v) is 1.73. The molecule has 0 aliphatic heterocycles. The van der Waals surface area contributed by atoms with Crippen LogP contribution >= 0.6 is 0 Å². The second-order valence-electron chi connectivity index (χ2n) is 2.82. The molecule has 1 radical (unpaired) electrons. The maximum absolute atomic E-state index is 5.27. The van der Waals surface area contributed by atoms with Gasteiger partial charge in [-0.1, -0.05) is 0 Å². The van der Waals surface area contributed by atoms with Crippen LogP contribution in [0, 0.1) is 26.7 Å². The molecule has 0 aliphatic rings. The smallest absolute Gasteiger partial charge is 0.697 e. The van der Waals surface area contributed by atoms with E-state index in [-0.39, 0.29) is 18.6 Å². The van der Waals surface area contributed by atoms with Gasteiger partial charge in [0.2, 0.25) is 11.8 Å². The number of hydrogen-bond acceptors (Lipinski definition) is 3. The summed E-state index contributed by atoms with van der Waals surface area (Å²) < 4.78 is 5.27. The molecule has 0 N–H and O–H groups in total. The van der Waals surface area contributed by atoms with Gasteiger partial charge in [0.25, 0.3) is 0 Å². The van der Waals surface area contributed by atoms with Crippen LogP contribution in [-0.4, -0.2) is 10.2 Å². The second-order valence-corrected chi connectivity index (χ2v) is 2.82. The van der Waals surface area contributed by atoms with E-state index >= 15 is 0 Å². The van der Waals surface area contributed by atoms with Crippen LogP contribution in [0.4, 0.5) is 0 Å². The van der Waals surface area contributed by atoms with Gasteiger partial charge in [-0.25, -0.2) is 0 Å². The van der Waals surface area contributed by atoms with Crippen LogP contribution in [0.5, 0.6) is 0 Å².